The lowest BCUT2D eigenvalue weighted by molar-refractivity contribution is 0.674. The van der Waals surface area contributed by atoms with Gasteiger partial charge in [-0.15, -0.1) is 0 Å². The van der Waals surface area contributed by atoms with Gasteiger partial charge in [-0.05, 0) is 17.8 Å². The second-order valence-electron chi connectivity index (χ2n) is 2.60. The molecule has 0 aliphatic carbocycles. The summed E-state index contributed by atoms with van der Waals surface area (Å²) in [5.74, 6) is 0. The molecule has 0 unspecified atom stereocenters. The van der Waals surface area contributed by atoms with Gasteiger partial charge in [0.2, 0.25) is 0 Å². The Morgan fingerprint density at radius 1 is 1.09 bits per heavy atom. The van der Waals surface area contributed by atoms with E-state index in [1.54, 1.807) is 0 Å². The fourth-order valence-electron chi connectivity index (χ4n) is 0.906. The van der Waals surface area contributed by atoms with Crippen molar-refractivity contribution in [1.82, 2.24) is 0 Å². The highest BCUT2D eigenvalue weighted by molar-refractivity contribution is 9.11. The monoisotopic (exact) mass is 216 g/mol. The minimum Gasteiger partial charge on any atom is -0.0845 e. The highest BCUT2D eigenvalue weighted by atomic mass is 79.9. The minimum atomic E-state index is 1.22. The first kappa shape index (κ1) is 11.0. The van der Waals surface area contributed by atoms with Gasteiger partial charge in [-0.3, -0.25) is 0 Å². The highest BCUT2D eigenvalue weighted by Gasteiger charge is 1.82. The summed E-state index contributed by atoms with van der Waals surface area (Å²) in [5.41, 5.74) is 0. The summed E-state index contributed by atoms with van der Waals surface area (Å²) in [6.07, 6.45) is 12.9. The zero-order valence-electron chi connectivity index (χ0n) is 7.22. The number of halogens is 1. The van der Waals surface area contributed by atoms with Crippen LogP contribution in [-0.4, -0.2) is 0 Å². The number of unbranched alkanes of at least 4 members (excludes halogenated alkanes) is 4. The predicted octanol–water partition coefficient (Wildman–Crippen LogP) is 4.42. The van der Waals surface area contributed by atoms with Crippen molar-refractivity contribution in [1.29, 1.82) is 0 Å². The van der Waals surface area contributed by atoms with Gasteiger partial charge in [0.05, 0.1) is 0 Å². The van der Waals surface area contributed by atoms with Crippen LogP contribution in [-0.2, 0) is 0 Å². The van der Waals surface area contributed by atoms with Crippen LogP contribution in [0, 0.1) is 0 Å². The molecule has 0 heterocycles. The molecule has 0 aliphatic heterocycles. The molecule has 0 nitrogen and oxygen atoms in total. The third-order valence-corrected chi connectivity index (χ3v) is 1.85. The van der Waals surface area contributed by atoms with Crippen LogP contribution in [0.25, 0.3) is 0 Å². The first-order valence-corrected chi connectivity index (χ1v) is 5.25. The Morgan fingerprint density at radius 2 is 1.91 bits per heavy atom. The minimum absolute atomic E-state index is 1.22. The van der Waals surface area contributed by atoms with Crippen molar-refractivity contribution in [2.75, 3.05) is 0 Å². The topological polar surface area (TPSA) is 0 Å². The summed E-state index contributed by atoms with van der Waals surface area (Å²) in [4.78, 5) is 1.87. The first-order chi connectivity index (χ1) is 5.41. The smallest absolute Gasteiger partial charge is 0.0189 e. The third kappa shape index (κ3) is 9.96. The summed E-state index contributed by atoms with van der Waals surface area (Å²) >= 11 is 3.21. The van der Waals surface area contributed by atoms with Gasteiger partial charge >= 0.3 is 0 Å². The zero-order valence-corrected chi connectivity index (χ0v) is 8.81. The van der Waals surface area contributed by atoms with Crippen LogP contribution in [0.1, 0.15) is 39.0 Å². The van der Waals surface area contributed by atoms with E-state index < -0.39 is 0 Å². The number of hydrogen-bond donors (Lipinski definition) is 0. The van der Waals surface area contributed by atoms with Gasteiger partial charge in [0.15, 0.2) is 0 Å². The highest BCUT2D eigenvalue weighted by Crippen LogP contribution is 2.02. The summed E-state index contributed by atoms with van der Waals surface area (Å²) < 4.78 is 0. The molecule has 0 atom stereocenters. The molecular weight excluding hydrogens is 200 g/mol. The summed E-state index contributed by atoms with van der Waals surface area (Å²) in [6, 6.07) is 0. The van der Waals surface area contributed by atoms with Gasteiger partial charge < -0.3 is 0 Å². The average molecular weight is 217 g/mol. The molecule has 0 saturated heterocycles. The molecular formula is C10H17Br. The SMILES string of the molecule is CCCCCCC=CC=CBr. The van der Waals surface area contributed by atoms with Gasteiger partial charge in [0.25, 0.3) is 0 Å². The van der Waals surface area contributed by atoms with E-state index in [1.165, 1.54) is 32.1 Å². The summed E-state index contributed by atoms with van der Waals surface area (Å²) in [7, 11) is 0. The maximum absolute atomic E-state index is 3.21. The van der Waals surface area contributed by atoms with Crippen LogP contribution < -0.4 is 0 Å². The van der Waals surface area contributed by atoms with E-state index in [-0.39, 0.29) is 0 Å². The van der Waals surface area contributed by atoms with Crippen molar-refractivity contribution in [3.05, 3.63) is 23.2 Å². The molecule has 64 valence electrons. The lowest BCUT2D eigenvalue weighted by atomic mass is 10.1. The molecule has 0 fully saturated rings. The molecule has 0 saturated carbocycles. The molecule has 0 aromatic heterocycles. The number of hydrogen-bond acceptors (Lipinski definition) is 0. The van der Waals surface area contributed by atoms with Crippen LogP contribution in [0.15, 0.2) is 23.2 Å². The Balaban J connectivity index is 3.01. The normalized spacial score (nSPS) is 11.8. The molecule has 0 aromatic rings. The molecule has 0 amide bonds. The van der Waals surface area contributed by atoms with Crippen LogP contribution in [0.2, 0.25) is 0 Å². The van der Waals surface area contributed by atoms with Crippen LogP contribution >= 0.6 is 15.9 Å². The van der Waals surface area contributed by atoms with Gasteiger partial charge in [0.1, 0.15) is 0 Å². The fraction of sp³-hybridized carbons (Fsp3) is 0.600. The standard InChI is InChI=1S/C10H17Br/c1-2-3-4-5-6-7-8-9-10-11/h7-10H,2-6H2,1H3. The maximum Gasteiger partial charge on any atom is -0.0189 e. The van der Waals surface area contributed by atoms with Gasteiger partial charge in [-0.1, -0.05) is 60.3 Å². The molecule has 0 radical (unpaired) electrons. The first-order valence-electron chi connectivity index (χ1n) is 4.33. The predicted molar refractivity (Wildman–Crippen MR) is 56.0 cm³/mol. The second kappa shape index (κ2) is 9.96. The van der Waals surface area contributed by atoms with Gasteiger partial charge in [-0.25, -0.2) is 0 Å². The van der Waals surface area contributed by atoms with E-state index in [4.69, 9.17) is 0 Å². The van der Waals surface area contributed by atoms with Crippen molar-refractivity contribution in [3.8, 4) is 0 Å². The Hall–Kier alpha value is -0.0400. The average Bonchev–Trinajstić information content (AvgIpc) is 2.03. The molecule has 0 rings (SSSR count). The molecule has 1 heteroatoms. The van der Waals surface area contributed by atoms with Crippen molar-refractivity contribution in [3.63, 3.8) is 0 Å². The molecule has 0 bridgehead atoms. The Kier molecular flexibility index (Phi) is 9.92. The van der Waals surface area contributed by atoms with Crippen molar-refractivity contribution in [2.45, 2.75) is 39.0 Å². The maximum atomic E-state index is 3.21. The van der Waals surface area contributed by atoms with E-state index in [0.717, 1.165) is 0 Å². The summed E-state index contributed by atoms with van der Waals surface area (Å²) in [5, 5.41) is 0. The molecule has 11 heavy (non-hydrogen) atoms. The summed E-state index contributed by atoms with van der Waals surface area (Å²) in [6.45, 7) is 2.24. The van der Waals surface area contributed by atoms with Crippen LogP contribution in [0.3, 0.4) is 0 Å². The van der Waals surface area contributed by atoms with Gasteiger partial charge in [-0.2, -0.15) is 0 Å². The van der Waals surface area contributed by atoms with Gasteiger partial charge in [0, 0.05) is 0 Å². The lowest BCUT2D eigenvalue weighted by Crippen LogP contribution is -1.72. The van der Waals surface area contributed by atoms with Crippen molar-refractivity contribution >= 4 is 15.9 Å². The van der Waals surface area contributed by atoms with E-state index in [2.05, 4.69) is 35.0 Å². The third-order valence-electron chi connectivity index (χ3n) is 1.54. The molecule has 0 aliphatic rings. The molecule has 0 N–H and O–H groups in total. The Labute approximate surface area is 78.5 Å². The van der Waals surface area contributed by atoms with Crippen LogP contribution in [0.5, 0.6) is 0 Å². The van der Waals surface area contributed by atoms with E-state index in [9.17, 15) is 0 Å². The zero-order chi connectivity index (χ0) is 8.36. The van der Waals surface area contributed by atoms with Crippen LogP contribution in [0.4, 0.5) is 0 Å². The van der Waals surface area contributed by atoms with E-state index in [1.807, 2.05) is 11.1 Å². The van der Waals surface area contributed by atoms with E-state index in [0.29, 0.717) is 0 Å². The number of allylic oxidation sites excluding steroid dienone is 3. The van der Waals surface area contributed by atoms with E-state index >= 15 is 0 Å². The number of rotatable bonds is 6. The molecule has 0 spiro atoms. The Bertz CT molecular complexity index is 114. The largest absolute Gasteiger partial charge is 0.0845 e. The quantitative estimate of drug-likeness (QED) is 0.456. The Morgan fingerprint density at radius 3 is 2.55 bits per heavy atom. The second-order valence-corrected chi connectivity index (χ2v) is 3.12. The fourth-order valence-corrected chi connectivity index (χ4v) is 1.08. The van der Waals surface area contributed by atoms with Crippen molar-refractivity contribution < 1.29 is 0 Å². The lowest BCUT2D eigenvalue weighted by Gasteiger charge is -1.92. The molecule has 0 aromatic carbocycles. The van der Waals surface area contributed by atoms with Crippen molar-refractivity contribution in [2.24, 2.45) is 0 Å².